The van der Waals surface area contributed by atoms with Crippen LogP contribution < -0.4 is 4.18 Å². The third-order valence-corrected chi connectivity index (χ3v) is 5.00. The number of para-hydroxylation sites is 1. The number of aryl methyl sites for hydroxylation is 2. The van der Waals surface area contributed by atoms with Crippen LogP contribution in [0.1, 0.15) is 24.5 Å². The summed E-state index contributed by atoms with van der Waals surface area (Å²) in [7, 11) is -3.64. The minimum Gasteiger partial charge on any atom is -0.436 e. The molecule has 5 nitrogen and oxygen atoms in total. The van der Waals surface area contributed by atoms with Gasteiger partial charge in [-0.3, -0.25) is 0 Å². The first-order valence-electron chi connectivity index (χ1n) is 7.79. The molecule has 0 aliphatic carbocycles. The topological polar surface area (TPSA) is 69.4 Å². The highest BCUT2D eigenvalue weighted by Crippen LogP contribution is 2.34. The standard InChI is InChI=1S/C18H19NO4S/c1-4-10-24(20,21)23-15-9-8-12(2)11-14(15)18-19-17-13(3)6-5-7-16(17)22-18/h5-9,11H,4,10H2,1-3H3. The van der Waals surface area contributed by atoms with E-state index in [2.05, 4.69) is 4.98 Å². The largest absolute Gasteiger partial charge is 0.436 e. The summed E-state index contributed by atoms with van der Waals surface area (Å²) >= 11 is 0. The van der Waals surface area contributed by atoms with Gasteiger partial charge in [0.2, 0.25) is 5.89 Å². The number of aromatic nitrogens is 1. The molecule has 3 rings (SSSR count). The second kappa shape index (κ2) is 6.28. The van der Waals surface area contributed by atoms with Gasteiger partial charge in [0.25, 0.3) is 0 Å². The quantitative estimate of drug-likeness (QED) is 0.647. The van der Waals surface area contributed by atoms with E-state index < -0.39 is 10.1 Å². The van der Waals surface area contributed by atoms with E-state index in [1.807, 2.05) is 38.1 Å². The number of fused-ring (bicyclic) bond motifs is 1. The predicted octanol–water partition coefficient (Wildman–Crippen LogP) is 4.23. The van der Waals surface area contributed by atoms with Gasteiger partial charge >= 0.3 is 10.1 Å². The fourth-order valence-electron chi connectivity index (χ4n) is 2.51. The van der Waals surface area contributed by atoms with E-state index in [9.17, 15) is 8.42 Å². The summed E-state index contributed by atoms with van der Waals surface area (Å²) in [6.07, 6.45) is 0.492. The molecule has 2 aromatic carbocycles. The molecule has 0 N–H and O–H groups in total. The van der Waals surface area contributed by atoms with Crippen LogP contribution in [0, 0.1) is 13.8 Å². The van der Waals surface area contributed by atoms with Gasteiger partial charge in [0.1, 0.15) is 5.52 Å². The van der Waals surface area contributed by atoms with E-state index in [0.717, 1.165) is 16.6 Å². The van der Waals surface area contributed by atoms with E-state index in [1.165, 1.54) is 0 Å². The fourth-order valence-corrected chi connectivity index (χ4v) is 3.52. The van der Waals surface area contributed by atoms with Gasteiger partial charge in [-0.1, -0.05) is 30.7 Å². The monoisotopic (exact) mass is 345 g/mol. The summed E-state index contributed by atoms with van der Waals surface area (Å²) in [5.74, 6) is 0.551. The SMILES string of the molecule is CCCS(=O)(=O)Oc1ccc(C)cc1-c1nc2c(C)cccc2o1. The molecule has 6 heteroatoms. The molecule has 0 unspecified atom stereocenters. The minimum atomic E-state index is -3.64. The summed E-state index contributed by atoms with van der Waals surface area (Å²) in [6.45, 7) is 5.66. The van der Waals surface area contributed by atoms with Gasteiger partial charge < -0.3 is 8.60 Å². The van der Waals surface area contributed by atoms with Crippen molar-refractivity contribution in [2.75, 3.05) is 5.75 Å². The van der Waals surface area contributed by atoms with Gasteiger partial charge in [-0.25, -0.2) is 4.98 Å². The van der Waals surface area contributed by atoms with E-state index in [4.69, 9.17) is 8.60 Å². The Balaban J connectivity index is 2.12. The maximum absolute atomic E-state index is 12.0. The van der Waals surface area contributed by atoms with Crippen molar-refractivity contribution in [3.8, 4) is 17.2 Å². The molecular formula is C18H19NO4S. The third-order valence-electron chi connectivity index (χ3n) is 3.66. The molecule has 1 aromatic heterocycles. The zero-order valence-electron chi connectivity index (χ0n) is 13.9. The lowest BCUT2D eigenvalue weighted by atomic mass is 10.1. The molecule has 0 fully saturated rings. The molecule has 1 heterocycles. The summed E-state index contributed by atoms with van der Waals surface area (Å²) in [6, 6.07) is 10.9. The number of hydrogen-bond donors (Lipinski definition) is 0. The first-order valence-corrected chi connectivity index (χ1v) is 9.36. The van der Waals surface area contributed by atoms with Crippen LogP contribution in [-0.4, -0.2) is 19.2 Å². The molecule has 0 atom stereocenters. The molecule has 24 heavy (non-hydrogen) atoms. The molecule has 0 bridgehead atoms. The van der Waals surface area contributed by atoms with Gasteiger partial charge in [-0.2, -0.15) is 8.42 Å². The lowest BCUT2D eigenvalue weighted by molar-refractivity contribution is 0.484. The third kappa shape index (κ3) is 3.28. The van der Waals surface area contributed by atoms with Gasteiger partial charge in [-0.15, -0.1) is 0 Å². The first kappa shape index (κ1) is 16.5. The Labute approximate surface area is 141 Å². The Morgan fingerprint density at radius 1 is 1.17 bits per heavy atom. The van der Waals surface area contributed by atoms with Crippen molar-refractivity contribution >= 4 is 21.2 Å². The summed E-state index contributed by atoms with van der Waals surface area (Å²) in [4.78, 5) is 4.52. The van der Waals surface area contributed by atoms with Crippen LogP contribution in [0.25, 0.3) is 22.6 Å². The maximum atomic E-state index is 12.0. The van der Waals surface area contributed by atoms with Crippen molar-refractivity contribution in [1.29, 1.82) is 0 Å². The van der Waals surface area contributed by atoms with Crippen molar-refractivity contribution in [3.63, 3.8) is 0 Å². The summed E-state index contributed by atoms with van der Waals surface area (Å²) < 4.78 is 35.1. The maximum Gasteiger partial charge on any atom is 0.309 e. The second-order valence-corrected chi connectivity index (χ2v) is 7.48. The van der Waals surface area contributed by atoms with E-state index in [1.54, 1.807) is 19.1 Å². The van der Waals surface area contributed by atoms with E-state index >= 15 is 0 Å². The molecule has 0 saturated heterocycles. The number of benzene rings is 2. The van der Waals surface area contributed by atoms with E-state index in [-0.39, 0.29) is 11.5 Å². The highest BCUT2D eigenvalue weighted by molar-refractivity contribution is 7.87. The Morgan fingerprint density at radius 3 is 2.67 bits per heavy atom. The van der Waals surface area contributed by atoms with Gasteiger partial charge in [-0.05, 0) is 44.0 Å². The number of oxazole rings is 1. The molecule has 0 saturated carbocycles. The van der Waals surface area contributed by atoms with Crippen LogP contribution >= 0.6 is 0 Å². The lowest BCUT2D eigenvalue weighted by Gasteiger charge is -2.10. The number of nitrogens with zero attached hydrogens (tertiary/aromatic N) is 1. The number of hydrogen-bond acceptors (Lipinski definition) is 5. The Kier molecular flexibility index (Phi) is 4.32. The average Bonchev–Trinajstić information content (AvgIpc) is 2.94. The van der Waals surface area contributed by atoms with Crippen LogP contribution in [0.2, 0.25) is 0 Å². The highest BCUT2D eigenvalue weighted by Gasteiger charge is 2.19. The zero-order chi connectivity index (χ0) is 17.3. The van der Waals surface area contributed by atoms with Gasteiger partial charge in [0, 0.05) is 0 Å². The van der Waals surface area contributed by atoms with Crippen LogP contribution in [0.15, 0.2) is 40.8 Å². The second-order valence-electron chi connectivity index (χ2n) is 5.79. The van der Waals surface area contributed by atoms with E-state index in [0.29, 0.717) is 23.5 Å². The molecule has 3 aromatic rings. The first-order chi connectivity index (χ1) is 11.4. The molecule has 0 spiro atoms. The summed E-state index contributed by atoms with van der Waals surface area (Å²) in [5.41, 5.74) is 3.91. The van der Waals surface area contributed by atoms with Crippen LogP contribution in [-0.2, 0) is 10.1 Å². The molecule has 0 amide bonds. The highest BCUT2D eigenvalue weighted by atomic mass is 32.2. The molecule has 0 aliphatic heterocycles. The van der Waals surface area contributed by atoms with Crippen molar-refractivity contribution in [2.45, 2.75) is 27.2 Å². The fraction of sp³-hybridized carbons (Fsp3) is 0.278. The van der Waals surface area contributed by atoms with Crippen molar-refractivity contribution in [2.24, 2.45) is 0 Å². The molecule has 126 valence electrons. The van der Waals surface area contributed by atoms with Gasteiger partial charge in [0.15, 0.2) is 11.3 Å². The van der Waals surface area contributed by atoms with Crippen LogP contribution in [0.5, 0.6) is 5.75 Å². The van der Waals surface area contributed by atoms with Crippen LogP contribution in [0.4, 0.5) is 0 Å². The normalized spacial score (nSPS) is 11.8. The molecule has 0 aliphatic rings. The summed E-state index contributed by atoms with van der Waals surface area (Å²) in [5, 5.41) is 0. The Hall–Kier alpha value is -2.34. The van der Waals surface area contributed by atoms with Crippen molar-refractivity contribution in [3.05, 3.63) is 47.5 Å². The lowest BCUT2D eigenvalue weighted by Crippen LogP contribution is -2.13. The average molecular weight is 345 g/mol. The molecule has 0 radical (unpaired) electrons. The van der Waals surface area contributed by atoms with Crippen molar-refractivity contribution in [1.82, 2.24) is 4.98 Å². The smallest absolute Gasteiger partial charge is 0.309 e. The van der Waals surface area contributed by atoms with Crippen LogP contribution in [0.3, 0.4) is 0 Å². The van der Waals surface area contributed by atoms with Crippen molar-refractivity contribution < 1.29 is 17.0 Å². The van der Waals surface area contributed by atoms with Gasteiger partial charge in [0.05, 0.1) is 11.3 Å². The Bertz CT molecular complexity index is 989. The number of rotatable bonds is 5. The molecular weight excluding hydrogens is 326 g/mol. The Morgan fingerprint density at radius 2 is 1.96 bits per heavy atom. The minimum absolute atomic E-state index is 0.0347. The zero-order valence-corrected chi connectivity index (χ0v) is 14.7. The predicted molar refractivity (Wildman–Crippen MR) is 93.6 cm³/mol.